The van der Waals surface area contributed by atoms with Crippen LogP contribution >= 0.6 is 0 Å². The van der Waals surface area contributed by atoms with E-state index in [1.54, 1.807) is 7.11 Å². The van der Waals surface area contributed by atoms with Crippen LogP contribution in [0.4, 0.5) is 0 Å². The fraction of sp³-hybridized carbons (Fsp3) is 0.385. The van der Waals surface area contributed by atoms with Gasteiger partial charge in [0, 0.05) is 13.2 Å². The number of methoxy groups -OCH3 is 1. The van der Waals surface area contributed by atoms with Gasteiger partial charge < -0.3 is 14.0 Å². The lowest BCUT2D eigenvalue weighted by Crippen LogP contribution is -2.20. The van der Waals surface area contributed by atoms with Crippen molar-refractivity contribution in [2.45, 2.75) is 13.8 Å². The molecule has 92 valence electrons. The maximum Gasteiger partial charge on any atom is 0.486 e. The zero-order valence-corrected chi connectivity index (χ0v) is 10.7. The number of benzene rings is 1. The van der Waals surface area contributed by atoms with Crippen molar-refractivity contribution in [3.8, 4) is 5.75 Å². The predicted octanol–water partition coefficient (Wildman–Crippen LogP) is 2.81. The summed E-state index contributed by atoms with van der Waals surface area (Å²) in [5, 5.41) is 0. The molecule has 1 aromatic rings. The van der Waals surface area contributed by atoms with Crippen LogP contribution in [0.3, 0.4) is 0 Å². The molecule has 0 N–H and O–H groups in total. The lowest BCUT2D eigenvalue weighted by molar-refractivity contribution is 0.224. The van der Waals surface area contributed by atoms with Gasteiger partial charge in [-0.3, -0.25) is 0 Å². The summed E-state index contributed by atoms with van der Waals surface area (Å²) < 4.78 is 15.9. The normalized spacial score (nSPS) is 10.8. The second kappa shape index (κ2) is 7.93. The number of ether oxygens (including phenoxy) is 1. The Balaban J connectivity index is 2.59. The molecule has 0 saturated heterocycles. The standard InChI is InChI=1S/C13H19BO3/c1-4-16-14(17-5-2)11-10-12-6-8-13(15-3)9-7-12/h6-11H,4-5H2,1-3H3/b11-10+. The molecule has 0 bridgehead atoms. The molecule has 0 amide bonds. The van der Waals surface area contributed by atoms with E-state index in [-0.39, 0.29) is 7.12 Å². The minimum absolute atomic E-state index is 0.271. The fourth-order valence-corrected chi connectivity index (χ4v) is 1.39. The first-order valence-corrected chi connectivity index (χ1v) is 5.85. The molecule has 0 aliphatic heterocycles. The van der Waals surface area contributed by atoms with E-state index < -0.39 is 0 Å². The van der Waals surface area contributed by atoms with Gasteiger partial charge in [0.15, 0.2) is 0 Å². The summed E-state index contributed by atoms with van der Waals surface area (Å²) in [6, 6.07) is 7.83. The Labute approximate surface area is 104 Å². The Morgan fingerprint density at radius 1 is 1.06 bits per heavy atom. The van der Waals surface area contributed by atoms with Crippen LogP contribution in [0.25, 0.3) is 6.08 Å². The van der Waals surface area contributed by atoms with Crippen LogP contribution in [0, 0.1) is 0 Å². The Hall–Kier alpha value is -1.26. The average Bonchev–Trinajstić information content (AvgIpc) is 2.37. The summed E-state index contributed by atoms with van der Waals surface area (Å²) in [5.74, 6) is 2.77. The lowest BCUT2D eigenvalue weighted by atomic mass is 9.88. The molecular formula is C13H19BO3. The van der Waals surface area contributed by atoms with Crippen LogP contribution in [-0.2, 0) is 9.31 Å². The zero-order valence-electron chi connectivity index (χ0n) is 10.7. The van der Waals surface area contributed by atoms with Gasteiger partial charge in [0.2, 0.25) is 0 Å². The van der Waals surface area contributed by atoms with Crippen molar-refractivity contribution in [1.82, 2.24) is 0 Å². The van der Waals surface area contributed by atoms with Crippen molar-refractivity contribution >= 4 is 13.2 Å². The zero-order chi connectivity index (χ0) is 12.5. The highest BCUT2D eigenvalue weighted by atomic mass is 16.6. The highest BCUT2D eigenvalue weighted by Crippen LogP contribution is 2.12. The first-order chi connectivity index (χ1) is 8.30. The first-order valence-electron chi connectivity index (χ1n) is 5.85. The van der Waals surface area contributed by atoms with E-state index in [1.807, 2.05) is 50.2 Å². The van der Waals surface area contributed by atoms with Gasteiger partial charge in [-0.1, -0.05) is 24.2 Å². The summed E-state index contributed by atoms with van der Waals surface area (Å²) in [7, 11) is 1.39. The highest BCUT2D eigenvalue weighted by molar-refractivity contribution is 6.51. The first kappa shape index (κ1) is 13.8. The molecule has 4 heteroatoms. The van der Waals surface area contributed by atoms with E-state index in [4.69, 9.17) is 14.0 Å². The van der Waals surface area contributed by atoms with Crippen molar-refractivity contribution in [2.75, 3.05) is 20.3 Å². The third-order valence-corrected chi connectivity index (χ3v) is 2.22. The maximum atomic E-state index is 5.42. The van der Waals surface area contributed by atoms with Crippen LogP contribution in [0.2, 0.25) is 0 Å². The molecule has 0 aliphatic carbocycles. The largest absolute Gasteiger partial charge is 0.497 e. The van der Waals surface area contributed by atoms with Crippen LogP contribution < -0.4 is 4.74 Å². The van der Waals surface area contributed by atoms with Crippen molar-refractivity contribution in [1.29, 1.82) is 0 Å². The summed E-state index contributed by atoms with van der Waals surface area (Å²) in [6.07, 6.45) is 1.98. The number of rotatable bonds is 7. The maximum absolute atomic E-state index is 5.42. The molecule has 1 aromatic carbocycles. The van der Waals surface area contributed by atoms with Crippen molar-refractivity contribution in [3.05, 3.63) is 35.8 Å². The monoisotopic (exact) mass is 234 g/mol. The van der Waals surface area contributed by atoms with Crippen molar-refractivity contribution < 1.29 is 14.0 Å². The Kier molecular flexibility index (Phi) is 6.44. The minimum Gasteiger partial charge on any atom is -0.497 e. The summed E-state index contributed by atoms with van der Waals surface area (Å²) in [6.45, 7) is 5.18. The van der Waals surface area contributed by atoms with E-state index in [1.165, 1.54) is 0 Å². The minimum atomic E-state index is -0.271. The summed E-state index contributed by atoms with van der Waals surface area (Å²) >= 11 is 0. The van der Waals surface area contributed by atoms with Crippen LogP contribution in [0.1, 0.15) is 19.4 Å². The van der Waals surface area contributed by atoms with E-state index in [0.717, 1.165) is 11.3 Å². The van der Waals surface area contributed by atoms with Gasteiger partial charge in [-0.15, -0.1) is 0 Å². The molecule has 0 saturated carbocycles. The van der Waals surface area contributed by atoms with Gasteiger partial charge >= 0.3 is 7.12 Å². The Bertz CT molecular complexity index is 329. The van der Waals surface area contributed by atoms with E-state index in [0.29, 0.717) is 13.2 Å². The van der Waals surface area contributed by atoms with Gasteiger partial charge in [0.05, 0.1) is 7.11 Å². The molecule has 0 aromatic heterocycles. The third-order valence-electron chi connectivity index (χ3n) is 2.22. The van der Waals surface area contributed by atoms with Crippen LogP contribution in [0.5, 0.6) is 5.75 Å². The van der Waals surface area contributed by atoms with Gasteiger partial charge in [-0.05, 0) is 31.5 Å². The second-order valence-electron chi connectivity index (χ2n) is 3.41. The number of hydrogen-bond acceptors (Lipinski definition) is 3. The van der Waals surface area contributed by atoms with E-state index in [2.05, 4.69) is 0 Å². The molecule has 0 aliphatic rings. The van der Waals surface area contributed by atoms with Gasteiger partial charge in [0.1, 0.15) is 5.75 Å². The molecule has 1 rings (SSSR count). The molecule has 0 heterocycles. The van der Waals surface area contributed by atoms with Crippen LogP contribution in [0.15, 0.2) is 30.2 Å². The highest BCUT2D eigenvalue weighted by Gasteiger charge is 2.11. The molecule has 0 unspecified atom stereocenters. The third kappa shape index (κ3) is 5.07. The van der Waals surface area contributed by atoms with Crippen molar-refractivity contribution in [3.63, 3.8) is 0 Å². The summed E-state index contributed by atoms with van der Waals surface area (Å²) in [4.78, 5) is 0. The molecule has 0 spiro atoms. The fourth-order valence-electron chi connectivity index (χ4n) is 1.39. The van der Waals surface area contributed by atoms with Gasteiger partial charge in [-0.2, -0.15) is 0 Å². The van der Waals surface area contributed by atoms with E-state index >= 15 is 0 Å². The molecule has 0 radical (unpaired) electrons. The quantitative estimate of drug-likeness (QED) is 0.679. The van der Waals surface area contributed by atoms with Crippen LogP contribution in [-0.4, -0.2) is 27.4 Å². The molecular weight excluding hydrogens is 215 g/mol. The lowest BCUT2D eigenvalue weighted by Gasteiger charge is -2.07. The Morgan fingerprint density at radius 2 is 1.65 bits per heavy atom. The topological polar surface area (TPSA) is 27.7 Å². The SMILES string of the molecule is CCOB(/C=C/c1ccc(OC)cc1)OCC. The summed E-state index contributed by atoms with van der Waals surface area (Å²) in [5.41, 5.74) is 1.09. The average molecular weight is 234 g/mol. The predicted molar refractivity (Wildman–Crippen MR) is 71.0 cm³/mol. The van der Waals surface area contributed by atoms with E-state index in [9.17, 15) is 0 Å². The van der Waals surface area contributed by atoms with Gasteiger partial charge in [-0.25, -0.2) is 0 Å². The number of hydrogen-bond donors (Lipinski definition) is 0. The molecule has 3 nitrogen and oxygen atoms in total. The van der Waals surface area contributed by atoms with Crippen molar-refractivity contribution in [2.24, 2.45) is 0 Å². The smallest absolute Gasteiger partial charge is 0.486 e. The van der Waals surface area contributed by atoms with Gasteiger partial charge in [0.25, 0.3) is 0 Å². The molecule has 17 heavy (non-hydrogen) atoms. The molecule has 0 atom stereocenters. The molecule has 0 fully saturated rings. The Morgan fingerprint density at radius 3 is 2.12 bits per heavy atom. The second-order valence-corrected chi connectivity index (χ2v) is 3.41.